The lowest BCUT2D eigenvalue weighted by Crippen LogP contribution is -2.45. The number of rotatable bonds is 3. The van der Waals surface area contributed by atoms with Crippen LogP contribution in [0.1, 0.15) is 52.9 Å². The largest absolute Gasteiger partial charge is 0.306 e. The van der Waals surface area contributed by atoms with Crippen LogP contribution in [-0.4, -0.2) is 55.4 Å². The van der Waals surface area contributed by atoms with E-state index in [9.17, 15) is 4.79 Å². The molecule has 1 heterocycles. The van der Waals surface area contributed by atoms with Gasteiger partial charge in [-0.2, -0.15) is 0 Å². The number of Topliss-reactive ketones (excluding diaryl/α,β-unsaturated/α-hetero) is 1. The fraction of sp³-hybridized carbons (Fsp3) is 0.944. The van der Waals surface area contributed by atoms with E-state index in [4.69, 9.17) is 0 Å². The van der Waals surface area contributed by atoms with Gasteiger partial charge in [0.2, 0.25) is 0 Å². The Morgan fingerprint density at radius 1 is 1.19 bits per heavy atom. The minimum absolute atomic E-state index is 0.271. The minimum Gasteiger partial charge on any atom is -0.306 e. The second-order valence-corrected chi connectivity index (χ2v) is 8.47. The zero-order valence-corrected chi connectivity index (χ0v) is 14.7. The molecule has 2 rings (SSSR count). The summed E-state index contributed by atoms with van der Waals surface area (Å²) in [7, 11) is 4.43. The highest BCUT2D eigenvalue weighted by atomic mass is 16.1. The summed E-state index contributed by atoms with van der Waals surface area (Å²) < 4.78 is 0. The summed E-state index contributed by atoms with van der Waals surface area (Å²) in [6, 6.07) is 0.670. The molecule has 1 aliphatic heterocycles. The molecule has 1 aliphatic carbocycles. The van der Waals surface area contributed by atoms with Crippen molar-refractivity contribution in [3.8, 4) is 0 Å². The Kier molecular flexibility index (Phi) is 5.48. The molecule has 3 nitrogen and oxygen atoms in total. The molecule has 0 radical (unpaired) electrons. The first-order valence-corrected chi connectivity index (χ1v) is 8.69. The van der Waals surface area contributed by atoms with Gasteiger partial charge in [0, 0.05) is 24.9 Å². The Hall–Kier alpha value is -0.410. The molecule has 0 amide bonds. The molecule has 0 aromatic carbocycles. The second-order valence-electron chi connectivity index (χ2n) is 8.47. The van der Waals surface area contributed by atoms with Crippen molar-refractivity contribution < 1.29 is 4.79 Å². The van der Waals surface area contributed by atoms with Gasteiger partial charge in [0.25, 0.3) is 0 Å². The summed E-state index contributed by atoms with van der Waals surface area (Å²) >= 11 is 0. The van der Waals surface area contributed by atoms with Crippen molar-refractivity contribution in [1.29, 1.82) is 0 Å². The molecule has 0 aromatic heterocycles. The average molecular weight is 294 g/mol. The van der Waals surface area contributed by atoms with Gasteiger partial charge < -0.3 is 9.80 Å². The van der Waals surface area contributed by atoms with Crippen molar-refractivity contribution in [1.82, 2.24) is 9.80 Å². The van der Waals surface area contributed by atoms with Crippen molar-refractivity contribution in [3.05, 3.63) is 0 Å². The summed E-state index contributed by atoms with van der Waals surface area (Å²) in [5.74, 6) is 1.48. The average Bonchev–Trinajstić information content (AvgIpc) is 2.40. The fourth-order valence-electron chi connectivity index (χ4n) is 4.01. The van der Waals surface area contributed by atoms with Gasteiger partial charge in [-0.3, -0.25) is 4.79 Å². The van der Waals surface area contributed by atoms with E-state index in [0.29, 0.717) is 23.2 Å². The normalized spacial score (nSPS) is 30.1. The number of hydrogen-bond donors (Lipinski definition) is 0. The lowest BCUT2D eigenvalue weighted by Gasteiger charge is -2.40. The maximum Gasteiger partial charge on any atom is 0.137 e. The van der Waals surface area contributed by atoms with Gasteiger partial charge in [0.1, 0.15) is 5.78 Å². The zero-order valence-electron chi connectivity index (χ0n) is 14.7. The van der Waals surface area contributed by atoms with Crippen LogP contribution in [0.4, 0.5) is 0 Å². The van der Waals surface area contributed by atoms with Crippen LogP contribution in [0.25, 0.3) is 0 Å². The molecule has 21 heavy (non-hydrogen) atoms. The van der Waals surface area contributed by atoms with Crippen LogP contribution < -0.4 is 0 Å². The molecule has 2 unspecified atom stereocenters. The monoisotopic (exact) mass is 294 g/mol. The molecular weight excluding hydrogens is 260 g/mol. The van der Waals surface area contributed by atoms with Crippen molar-refractivity contribution >= 4 is 5.78 Å². The Morgan fingerprint density at radius 3 is 2.38 bits per heavy atom. The van der Waals surface area contributed by atoms with E-state index in [2.05, 4.69) is 44.7 Å². The van der Waals surface area contributed by atoms with Crippen LogP contribution in [0, 0.1) is 17.3 Å². The van der Waals surface area contributed by atoms with Gasteiger partial charge in [0.15, 0.2) is 0 Å². The Balaban J connectivity index is 1.89. The van der Waals surface area contributed by atoms with E-state index in [1.165, 1.54) is 25.9 Å². The van der Waals surface area contributed by atoms with Crippen LogP contribution in [0.15, 0.2) is 0 Å². The van der Waals surface area contributed by atoms with Crippen molar-refractivity contribution in [3.63, 3.8) is 0 Å². The summed E-state index contributed by atoms with van der Waals surface area (Å²) in [5.41, 5.74) is 0.338. The van der Waals surface area contributed by atoms with Crippen LogP contribution in [0.2, 0.25) is 0 Å². The molecule has 0 aromatic rings. The Morgan fingerprint density at radius 2 is 1.81 bits per heavy atom. The highest BCUT2D eigenvalue weighted by molar-refractivity contribution is 5.82. The molecule has 0 N–H and O–H groups in total. The van der Waals surface area contributed by atoms with Gasteiger partial charge in [0.05, 0.1) is 0 Å². The number of piperidine rings is 1. The molecule has 1 saturated carbocycles. The lowest BCUT2D eigenvalue weighted by molar-refractivity contribution is -0.127. The van der Waals surface area contributed by atoms with E-state index in [1.807, 2.05) is 0 Å². The third-order valence-electron chi connectivity index (χ3n) is 5.81. The SMILES string of the molecule is CN1CCC(N(C)CC2CC(C(C)(C)C)CCC2=O)CC1. The molecule has 2 atom stereocenters. The number of hydrogen-bond acceptors (Lipinski definition) is 3. The minimum atomic E-state index is 0.271. The molecule has 1 saturated heterocycles. The fourth-order valence-corrected chi connectivity index (χ4v) is 4.01. The van der Waals surface area contributed by atoms with Crippen molar-refractivity contribution in [2.24, 2.45) is 17.3 Å². The highest BCUT2D eigenvalue weighted by Crippen LogP contribution is 2.39. The van der Waals surface area contributed by atoms with Crippen LogP contribution in [0.5, 0.6) is 0 Å². The van der Waals surface area contributed by atoms with Gasteiger partial charge >= 0.3 is 0 Å². The van der Waals surface area contributed by atoms with E-state index in [0.717, 1.165) is 25.8 Å². The highest BCUT2D eigenvalue weighted by Gasteiger charge is 2.36. The first-order chi connectivity index (χ1) is 9.77. The summed E-state index contributed by atoms with van der Waals surface area (Å²) in [6.45, 7) is 10.3. The van der Waals surface area contributed by atoms with Gasteiger partial charge in [-0.15, -0.1) is 0 Å². The molecule has 2 fully saturated rings. The lowest BCUT2D eigenvalue weighted by atomic mass is 9.68. The summed E-state index contributed by atoms with van der Waals surface area (Å²) in [5, 5.41) is 0. The second kappa shape index (κ2) is 6.78. The molecule has 122 valence electrons. The quantitative estimate of drug-likeness (QED) is 0.799. The molecule has 2 aliphatic rings. The van der Waals surface area contributed by atoms with E-state index < -0.39 is 0 Å². The maximum absolute atomic E-state index is 12.3. The van der Waals surface area contributed by atoms with Gasteiger partial charge in [-0.25, -0.2) is 0 Å². The first kappa shape index (κ1) is 17.0. The molecule has 0 spiro atoms. The van der Waals surface area contributed by atoms with Crippen LogP contribution >= 0.6 is 0 Å². The van der Waals surface area contributed by atoms with E-state index in [1.54, 1.807) is 0 Å². The number of ketones is 1. The number of carbonyl (C=O) groups excluding carboxylic acids is 1. The van der Waals surface area contributed by atoms with Crippen LogP contribution in [0.3, 0.4) is 0 Å². The first-order valence-electron chi connectivity index (χ1n) is 8.69. The van der Waals surface area contributed by atoms with Crippen molar-refractivity contribution in [2.45, 2.75) is 58.9 Å². The molecular formula is C18H34N2O. The van der Waals surface area contributed by atoms with Gasteiger partial charge in [-0.05, 0) is 64.2 Å². The summed E-state index contributed by atoms with van der Waals surface area (Å²) in [6.07, 6.45) is 5.48. The van der Waals surface area contributed by atoms with Crippen LogP contribution in [-0.2, 0) is 4.79 Å². The number of likely N-dealkylation sites (tertiary alicyclic amines) is 1. The predicted molar refractivity (Wildman–Crippen MR) is 88.4 cm³/mol. The third kappa shape index (κ3) is 4.53. The van der Waals surface area contributed by atoms with Gasteiger partial charge in [-0.1, -0.05) is 20.8 Å². The Labute approximate surface area is 131 Å². The smallest absolute Gasteiger partial charge is 0.137 e. The molecule has 3 heteroatoms. The molecule has 0 bridgehead atoms. The Bertz CT molecular complexity index is 353. The topological polar surface area (TPSA) is 23.6 Å². The number of nitrogens with zero attached hydrogens (tertiary/aromatic N) is 2. The standard InChI is InChI=1S/C18H34N2O/c1-18(2,3)15-6-7-17(21)14(12-15)13-20(5)16-8-10-19(4)11-9-16/h14-16H,6-13H2,1-5H3. The van der Waals surface area contributed by atoms with E-state index >= 15 is 0 Å². The summed E-state index contributed by atoms with van der Waals surface area (Å²) in [4.78, 5) is 17.2. The third-order valence-corrected chi connectivity index (χ3v) is 5.81. The zero-order chi connectivity index (χ0) is 15.6. The predicted octanol–water partition coefficient (Wildman–Crippen LogP) is 3.04. The van der Waals surface area contributed by atoms with E-state index in [-0.39, 0.29) is 5.92 Å². The maximum atomic E-state index is 12.3. The van der Waals surface area contributed by atoms with Crippen molar-refractivity contribution in [2.75, 3.05) is 33.7 Å². The number of carbonyl (C=O) groups is 1.